The van der Waals surface area contributed by atoms with E-state index >= 15 is 0 Å². The molecule has 0 bridgehead atoms. The second-order valence-electron chi connectivity index (χ2n) is 5.78. The first kappa shape index (κ1) is 15.4. The minimum atomic E-state index is -0.294. The lowest BCUT2D eigenvalue weighted by atomic mass is 10.1. The van der Waals surface area contributed by atoms with Gasteiger partial charge in [0.2, 0.25) is 5.91 Å². The second-order valence-corrected chi connectivity index (χ2v) is 5.78. The number of benzene rings is 1. The van der Waals surface area contributed by atoms with E-state index in [2.05, 4.69) is 10.6 Å². The van der Waals surface area contributed by atoms with Crippen LogP contribution < -0.4 is 15.5 Å². The Hall–Kier alpha value is -2.04. The van der Waals surface area contributed by atoms with Gasteiger partial charge in [0.05, 0.1) is 6.54 Å². The van der Waals surface area contributed by atoms with Crippen molar-refractivity contribution in [3.63, 3.8) is 0 Å². The van der Waals surface area contributed by atoms with Crippen LogP contribution in [-0.4, -0.2) is 31.1 Å². The van der Waals surface area contributed by atoms with E-state index in [-0.39, 0.29) is 24.5 Å². The van der Waals surface area contributed by atoms with Crippen molar-refractivity contribution in [2.75, 3.05) is 18.0 Å². The van der Waals surface area contributed by atoms with E-state index in [0.717, 1.165) is 12.1 Å². The maximum Gasteiger partial charge on any atom is 0.315 e. The van der Waals surface area contributed by atoms with Crippen LogP contribution in [-0.2, 0) is 11.2 Å². The number of rotatable bonds is 4. The number of urea groups is 1. The maximum absolute atomic E-state index is 12.2. The molecule has 0 fully saturated rings. The van der Waals surface area contributed by atoms with E-state index in [4.69, 9.17) is 0 Å². The number of nitrogens with one attached hydrogen (secondary N) is 2. The third-order valence-electron chi connectivity index (χ3n) is 3.95. The lowest BCUT2D eigenvalue weighted by Crippen LogP contribution is -2.47. The molecule has 5 nitrogen and oxygen atoms in total. The summed E-state index contributed by atoms with van der Waals surface area (Å²) in [7, 11) is 0. The van der Waals surface area contributed by atoms with Crippen molar-refractivity contribution in [1.29, 1.82) is 0 Å². The molecule has 1 aromatic carbocycles. The molecule has 1 aliphatic heterocycles. The van der Waals surface area contributed by atoms with Gasteiger partial charge in [0.1, 0.15) is 0 Å². The Morgan fingerprint density at radius 1 is 1.24 bits per heavy atom. The van der Waals surface area contributed by atoms with E-state index in [0.29, 0.717) is 12.5 Å². The maximum atomic E-state index is 12.2. The number of hydrogen-bond donors (Lipinski definition) is 2. The molecule has 0 saturated heterocycles. The van der Waals surface area contributed by atoms with E-state index in [1.54, 1.807) is 4.90 Å². The molecule has 1 atom stereocenters. The van der Waals surface area contributed by atoms with Gasteiger partial charge < -0.3 is 15.5 Å². The topological polar surface area (TPSA) is 61.4 Å². The van der Waals surface area contributed by atoms with Gasteiger partial charge >= 0.3 is 6.03 Å². The third-order valence-corrected chi connectivity index (χ3v) is 3.95. The van der Waals surface area contributed by atoms with Crippen LogP contribution in [0.15, 0.2) is 24.3 Å². The summed E-state index contributed by atoms with van der Waals surface area (Å²) in [6.07, 6.45) is 0.874. The molecule has 2 N–H and O–H groups in total. The number of carbonyl (C=O) groups is 2. The molecule has 3 amide bonds. The molecule has 2 rings (SSSR count). The SMILES string of the molecule is CC(C)C(C)NC(=O)NCC(=O)N1CCc2ccccc21. The summed E-state index contributed by atoms with van der Waals surface area (Å²) in [6.45, 7) is 6.73. The molecule has 0 aromatic heterocycles. The summed E-state index contributed by atoms with van der Waals surface area (Å²) < 4.78 is 0. The predicted molar refractivity (Wildman–Crippen MR) is 83.3 cm³/mol. The minimum absolute atomic E-state index is 0.0188. The quantitative estimate of drug-likeness (QED) is 0.889. The molecule has 0 radical (unpaired) electrons. The van der Waals surface area contributed by atoms with Crippen molar-refractivity contribution in [1.82, 2.24) is 10.6 Å². The van der Waals surface area contributed by atoms with E-state index in [9.17, 15) is 9.59 Å². The fourth-order valence-electron chi connectivity index (χ4n) is 2.27. The Kier molecular flexibility index (Phi) is 4.83. The first-order valence-electron chi connectivity index (χ1n) is 7.41. The van der Waals surface area contributed by atoms with Gasteiger partial charge in [-0.3, -0.25) is 4.79 Å². The Bertz CT molecular complexity index is 528. The highest BCUT2D eigenvalue weighted by Gasteiger charge is 2.24. The predicted octanol–water partition coefficient (Wildman–Crippen LogP) is 1.92. The van der Waals surface area contributed by atoms with E-state index in [1.165, 1.54) is 5.56 Å². The van der Waals surface area contributed by atoms with Crippen LogP contribution in [0, 0.1) is 5.92 Å². The van der Waals surface area contributed by atoms with Crippen LogP contribution in [0.4, 0.5) is 10.5 Å². The summed E-state index contributed by atoms with van der Waals surface area (Å²) in [5, 5.41) is 5.46. The Morgan fingerprint density at radius 3 is 2.67 bits per heavy atom. The van der Waals surface area contributed by atoms with Crippen LogP contribution >= 0.6 is 0 Å². The zero-order valence-corrected chi connectivity index (χ0v) is 12.8. The summed E-state index contributed by atoms with van der Waals surface area (Å²) in [4.78, 5) is 25.7. The molecule has 0 spiro atoms. The fourth-order valence-corrected chi connectivity index (χ4v) is 2.27. The first-order valence-corrected chi connectivity index (χ1v) is 7.41. The number of nitrogens with zero attached hydrogens (tertiary/aromatic N) is 1. The van der Waals surface area contributed by atoms with Crippen molar-refractivity contribution >= 4 is 17.6 Å². The summed E-state index contributed by atoms with van der Waals surface area (Å²) in [6, 6.07) is 7.67. The standard InChI is InChI=1S/C16H23N3O2/c1-11(2)12(3)18-16(21)17-10-15(20)19-9-8-13-6-4-5-7-14(13)19/h4-7,11-12H,8-10H2,1-3H3,(H2,17,18,21). The van der Waals surface area contributed by atoms with Crippen molar-refractivity contribution in [2.24, 2.45) is 5.92 Å². The minimum Gasteiger partial charge on any atom is -0.335 e. The summed E-state index contributed by atoms with van der Waals surface area (Å²) >= 11 is 0. The average Bonchev–Trinajstić information content (AvgIpc) is 2.88. The van der Waals surface area contributed by atoms with Crippen LogP contribution in [0.1, 0.15) is 26.3 Å². The normalized spacial score (nSPS) is 14.8. The second kappa shape index (κ2) is 6.61. The zero-order valence-electron chi connectivity index (χ0n) is 12.8. The molecule has 1 unspecified atom stereocenters. The highest BCUT2D eigenvalue weighted by atomic mass is 16.2. The average molecular weight is 289 g/mol. The molecule has 1 aliphatic rings. The van der Waals surface area contributed by atoms with E-state index < -0.39 is 0 Å². The lowest BCUT2D eigenvalue weighted by molar-refractivity contribution is -0.117. The van der Waals surface area contributed by atoms with Gasteiger partial charge in [-0.05, 0) is 30.9 Å². The zero-order chi connectivity index (χ0) is 15.4. The smallest absolute Gasteiger partial charge is 0.315 e. The third kappa shape index (κ3) is 3.74. The fraction of sp³-hybridized carbons (Fsp3) is 0.500. The monoisotopic (exact) mass is 289 g/mol. The molecule has 0 aliphatic carbocycles. The van der Waals surface area contributed by atoms with Crippen LogP contribution in [0.2, 0.25) is 0 Å². The first-order chi connectivity index (χ1) is 9.99. The number of hydrogen-bond acceptors (Lipinski definition) is 2. The lowest BCUT2D eigenvalue weighted by Gasteiger charge is -2.20. The van der Waals surface area contributed by atoms with Gasteiger partial charge in [-0.2, -0.15) is 0 Å². The van der Waals surface area contributed by atoms with Crippen molar-refractivity contribution in [3.05, 3.63) is 29.8 Å². The van der Waals surface area contributed by atoms with E-state index in [1.807, 2.05) is 45.0 Å². The Labute approximate surface area is 125 Å². The summed E-state index contributed by atoms with van der Waals surface area (Å²) in [5.41, 5.74) is 2.14. The molecular formula is C16H23N3O2. The number of anilines is 1. The van der Waals surface area contributed by atoms with Crippen LogP contribution in [0.5, 0.6) is 0 Å². The highest BCUT2D eigenvalue weighted by Crippen LogP contribution is 2.27. The number of carbonyl (C=O) groups excluding carboxylic acids is 2. The van der Waals surface area contributed by atoms with Gasteiger partial charge in [0.25, 0.3) is 0 Å². The van der Waals surface area contributed by atoms with Crippen molar-refractivity contribution < 1.29 is 9.59 Å². The van der Waals surface area contributed by atoms with Gasteiger partial charge in [-0.15, -0.1) is 0 Å². The Balaban J connectivity index is 1.85. The highest BCUT2D eigenvalue weighted by molar-refractivity contribution is 5.98. The Morgan fingerprint density at radius 2 is 1.95 bits per heavy atom. The number of para-hydroxylation sites is 1. The molecule has 0 saturated carbocycles. The van der Waals surface area contributed by atoms with Crippen LogP contribution in [0.3, 0.4) is 0 Å². The number of fused-ring (bicyclic) bond motifs is 1. The number of amides is 3. The molecular weight excluding hydrogens is 266 g/mol. The molecule has 1 heterocycles. The van der Waals surface area contributed by atoms with Gasteiger partial charge in [0, 0.05) is 18.3 Å². The van der Waals surface area contributed by atoms with Gasteiger partial charge in [-0.25, -0.2) is 4.79 Å². The molecule has 21 heavy (non-hydrogen) atoms. The van der Waals surface area contributed by atoms with Gasteiger partial charge in [-0.1, -0.05) is 32.0 Å². The van der Waals surface area contributed by atoms with Gasteiger partial charge in [0.15, 0.2) is 0 Å². The summed E-state index contributed by atoms with van der Waals surface area (Å²) in [5.74, 6) is 0.282. The van der Waals surface area contributed by atoms with Crippen LogP contribution in [0.25, 0.3) is 0 Å². The largest absolute Gasteiger partial charge is 0.335 e. The van der Waals surface area contributed by atoms with Crippen molar-refractivity contribution in [3.8, 4) is 0 Å². The van der Waals surface area contributed by atoms with Crippen molar-refractivity contribution in [2.45, 2.75) is 33.2 Å². The molecule has 1 aromatic rings. The molecule has 114 valence electrons. The molecule has 5 heteroatoms.